The molecule has 3 heteroatoms. The molecule has 2 nitrogen and oxygen atoms in total. The summed E-state index contributed by atoms with van der Waals surface area (Å²) in [6.07, 6.45) is 0. The molecule has 2 aromatic rings. The molecule has 0 aliphatic heterocycles. The van der Waals surface area contributed by atoms with Crippen LogP contribution in [0.25, 0.3) is 10.9 Å². The number of H-pyrrole nitrogens is 1. The Hall–Kier alpha value is -0.990. The van der Waals surface area contributed by atoms with Crippen molar-refractivity contribution in [1.82, 2.24) is 10.3 Å². The summed E-state index contributed by atoms with van der Waals surface area (Å²) in [5.41, 5.74) is 4.97. The van der Waals surface area contributed by atoms with E-state index < -0.39 is 0 Å². The Bertz CT molecular complexity index is 541. The number of aromatic amines is 1. The van der Waals surface area contributed by atoms with Crippen molar-refractivity contribution < 1.29 is 0 Å². The van der Waals surface area contributed by atoms with E-state index >= 15 is 0 Å². The first-order valence-corrected chi connectivity index (χ1v) is 6.38. The molecular weight excluding hydrogens is 232 g/mol. The van der Waals surface area contributed by atoms with E-state index in [2.05, 4.69) is 37.1 Å². The number of rotatable bonds is 3. The Kier molecular flexibility index (Phi) is 3.45. The van der Waals surface area contributed by atoms with E-state index in [1.807, 2.05) is 13.1 Å². The molecule has 17 heavy (non-hydrogen) atoms. The number of fused-ring (bicyclic) bond motifs is 1. The normalized spacial score (nSPS) is 11.6. The maximum absolute atomic E-state index is 6.17. The summed E-state index contributed by atoms with van der Waals surface area (Å²) < 4.78 is 0. The number of hydrogen-bond acceptors (Lipinski definition) is 1. The van der Waals surface area contributed by atoms with Gasteiger partial charge in [0.2, 0.25) is 0 Å². The average molecular weight is 251 g/mol. The zero-order valence-electron chi connectivity index (χ0n) is 10.8. The zero-order valence-corrected chi connectivity index (χ0v) is 11.6. The van der Waals surface area contributed by atoms with Crippen LogP contribution in [0.4, 0.5) is 0 Å². The van der Waals surface area contributed by atoms with Crippen LogP contribution >= 0.6 is 11.6 Å². The number of aryl methyl sites for hydroxylation is 1. The molecule has 2 rings (SSSR count). The van der Waals surface area contributed by atoms with E-state index in [1.165, 1.54) is 22.2 Å². The summed E-state index contributed by atoms with van der Waals surface area (Å²) in [6, 6.07) is 4.11. The van der Waals surface area contributed by atoms with Crippen molar-refractivity contribution >= 4 is 22.5 Å². The van der Waals surface area contributed by atoms with Crippen LogP contribution < -0.4 is 5.32 Å². The summed E-state index contributed by atoms with van der Waals surface area (Å²) in [6.45, 7) is 7.38. The molecule has 0 spiro atoms. The van der Waals surface area contributed by atoms with Crippen LogP contribution in [0.15, 0.2) is 12.1 Å². The Labute approximate surface area is 107 Å². The van der Waals surface area contributed by atoms with Crippen LogP contribution in [0.3, 0.4) is 0 Å². The molecule has 1 aromatic carbocycles. The van der Waals surface area contributed by atoms with Gasteiger partial charge in [0.05, 0.1) is 5.52 Å². The molecule has 1 aromatic heterocycles. The summed E-state index contributed by atoms with van der Waals surface area (Å²) >= 11 is 6.17. The smallest absolute Gasteiger partial charge is 0.0504 e. The van der Waals surface area contributed by atoms with Gasteiger partial charge in [0.25, 0.3) is 0 Å². The average Bonchev–Trinajstić information content (AvgIpc) is 2.63. The lowest BCUT2D eigenvalue weighted by atomic mass is 9.98. The third-order valence-electron chi connectivity index (χ3n) is 3.22. The molecule has 92 valence electrons. The molecule has 0 radical (unpaired) electrons. The van der Waals surface area contributed by atoms with Crippen LogP contribution in [0.2, 0.25) is 5.02 Å². The van der Waals surface area contributed by atoms with Gasteiger partial charge in [0.15, 0.2) is 0 Å². The summed E-state index contributed by atoms with van der Waals surface area (Å²) in [7, 11) is 1.97. The predicted molar refractivity (Wildman–Crippen MR) is 74.9 cm³/mol. The summed E-state index contributed by atoms with van der Waals surface area (Å²) in [5.74, 6) is 0.507. The Morgan fingerprint density at radius 3 is 2.65 bits per heavy atom. The quantitative estimate of drug-likeness (QED) is 0.848. The van der Waals surface area contributed by atoms with Crippen LogP contribution in [-0.2, 0) is 6.54 Å². The van der Waals surface area contributed by atoms with Crippen molar-refractivity contribution in [1.29, 1.82) is 0 Å². The monoisotopic (exact) mass is 250 g/mol. The fourth-order valence-electron chi connectivity index (χ4n) is 2.43. The molecule has 0 saturated carbocycles. The van der Waals surface area contributed by atoms with Gasteiger partial charge >= 0.3 is 0 Å². The van der Waals surface area contributed by atoms with Gasteiger partial charge in [-0.1, -0.05) is 31.5 Å². The number of aromatic nitrogens is 1. The van der Waals surface area contributed by atoms with Crippen molar-refractivity contribution in [3.8, 4) is 0 Å². The topological polar surface area (TPSA) is 27.8 Å². The van der Waals surface area contributed by atoms with Gasteiger partial charge in [0, 0.05) is 22.6 Å². The van der Waals surface area contributed by atoms with Gasteiger partial charge in [-0.2, -0.15) is 0 Å². The lowest BCUT2D eigenvalue weighted by Gasteiger charge is -2.07. The van der Waals surface area contributed by atoms with Crippen molar-refractivity contribution in [2.45, 2.75) is 33.2 Å². The molecule has 0 saturated heterocycles. The lowest BCUT2D eigenvalue weighted by molar-refractivity contribution is 0.765. The van der Waals surface area contributed by atoms with Crippen molar-refractivity contribution in [2.75, 3.05) is 7.05 Å². The maximum atomic E-state index is 6.17. The second-order valence-corrected chi connectivity index (χ2v) is 5.20. The van der Waals surface area contributed by atoms with E-state index in [0.29, 0.717) is 5.92 Å². The second-order valence-electron chi connectivity index (χ2n) is 4.80. The van der Waals surface area contributed by atoms with Crippen molar-refractivity contribution in [3.63, 3.8) is 0 Å². The molecule has 0 fully saturated rings. The van der Waals surface area contributed by atoms with Crippen LogP contribution in [0, 0.1) is 6.92 Å². The SMILES string of the molecule is CNCc1[nH]c2c(C)c(Cl)ccc2c1C(C)C. The summed E-state index contributed by atoms with van der Waals surface area (Å²) in [5, 5.41) is 5.33. The minimum absolute atomic E-state index is 0.507. The molecule has 0 atom stereocenters. The Morgan fingerprint density at radius 2 is 2.06 bits per heavy atom. The largest absolute Gasteiger partial charge is 0.357 e. The molecular formula is C14H19ClN2. The number of nitrogens with one attached hydrogen (secondary N) is 2. The van der Waals surface area contributed by atoms with Gasteiger partial charge in [-0.3, -0.25) is 0 Å². The molecule has 2 N–H and O–H groups in total. The zero-order chi connectivity index (χ0) is 12.6. The first kappa shape index (κ1) is 12.5. The Balaban J connectivity index is 2.74. The summed E-state index contributed by atoms with van der Waals surface area (Å²) in [4.78, 5) is 3.51. The molecule has 0 amide bonds. The number of benzene rings is 1. The molecule has 0 aliphatic carbocycles. The fraction of sp³-hybridized carbons (Fsp3) is 0.429. The highest BCUT2D eigenvalue weighted by Gasteiger charge is 2.15. The van der Waals surface area contributed by atoms with E-state index in [-0.39, 0.29) is 0 Å². The number of halogens is 1. The molecule has 0 aliphatic rings. The second kappa shape index (κ2) is 4.71. The Morgan fingerprint density at radius 1 is 1.35 bits per heavy atom. The van der Waals surface area contributed by atoms with E-state index in [1.54, 1.807) is 0 Å². The van der Waals surface area contributed by atoms with Gasteiger partial charge in [-0.05, 0) is 37.1 Å². The van der Waals surface area contributed by atoms with Crippen LogP contribution in [-0.4, -0.2) is 12.0 Å². The lowest BCUT2D eigenvalue weighted by Crippen LogP contribution is -2.08. The van der Waals surface area contributed by atoms with Crippen LogP contribution in [0.5, 0.6) is 0 Å². The van der Waals surface area contributed by atoms with Gasteiger partial charge in [-0.15, -0.1) is 0 Å². The van der Waals surface area contributed by atoms with Crippen molar-refractivity contribution in [2.24, 2.45) is 0 Å². The molecule has 0 bridgehead atoms. The van der Waals surface area contributed by atoms with E-state index in [9.17, 15) is 0 Å². The molecule has 1 heterocycles. The van der Waals surface area contributed by atoms with E-state index in [4.69, 9.17) is 11.6 Å². The highest BCUT2D eigenvalue weighted by atomic mass is 35.5. The standard InChI is InChI=1S/C14H19ClN2/c1-8(2)13-10-5-6-11(15)9(3)14(10)17-12(13)7-16-4/h5-6,8,16-17H,7H2,1-4H3. The number of hydrogen-bond donors (Lipinski definition) is 2. The van der Waals surface area contributed by atoms with Crippen LogP contribution in [0.1, 0.15) is 36.6 Å². The first-order valence-electron chi connectivity index (χ1n) is 6.00. The van der Waals surface area contributed by atoms with Gasteiger partial charge in [-0.25, -0.2) is 0 Å². The third-order valence-corrected chi connectivity index (χ3v) is 3.63. The fourth-order valence-corrected chi connectivity index (χ4v) is 2.59. The van der Waals surface area contributed by atoms with Crippen molar-refractivity contribution in [3.05, 3.63) is 34.0 Å². The van der Waals surface area contributed by atoms with Gasteiger partial charge in [0.1, 0.15) is 0 Å². The highest BCUT2D eigenvalue weighted by molar-refractivity contribution is 6.32. The van der Waals surface area contributed by atoms with E-state index in [0.717, 1.165) is 17.1 Å². The molecule has 0 unspecified atom stereocenters. The minimum Gasteiger partial charge on any atom is -0.357 e. The maximum Gasteiger partial charge on any atom is 0.0504 e. The highest BCUT2D eigenvalue weighted by Crippen LogP contribution is 2.33. The first-order chi connectivity index (χ1) is 8.06. The van der Waals surface area contributed by atoms with Gasteiger partial charge < -0.3 is 10.3 Å². The third kappa shape index (κ3) is 2.07. The minimum atomic E-state index is 0.507. The predicted octanol–water partition coefficient (Wildman–Crippen LogP) is 3.97.